The molecule has 3 N–H and O–H groups in total. The number of rotatable bonds is 9. The normalized spacial score (nSPS) is 13.1. The third-order valence-corrected chi connectivity index (χ3v) is 6.11. The van der Waals surface area contributed by atoms with Gasteiger partial charge in [0.15, 0.2) is 17.8 Å². The van der Waals surface area contributed by atoms with Crippen LogP contribution in [0.1, 0.15) is 53.6 Å². The van der Waals surface area contributed by atoms with Crippen LogP contribution in [-0.4, -0.2) is 40.7 Å². The molecule has 2 amide bonds. The fraction of sp³-hybridized carbons (Fsp3) is 0.308. The molecule has 0 saturated carbocycles. The molecule has 4 rings (SSSR count). The van der Waals surface area contributed by atoms with Gasteiger partial charge in [-0.2, -0.15) is 0 Å². The highest BCUT2D eigenvalue weighted by Crippen LogP contribution is 2.44. The maximum atomic E-state index is 12.6. The maximum absolute atomic E-state index is 12.6. The summed E-state index contributed by atoms with van der Waals surface area (Å²) >= 11 is 0. The smallest absolute Gasteiger partial charge is 0.407 e. The van der Waals surface area contributed by atoms with Crippen LogP contribution >= 0.6 is 0 Å². The zero-order valence-electron chi connectivity index (χ0n) is 19.5. The van der Waals surface area contributed by atoms with Crippen LogP contribution in [0.2, 0.25) is 0 Å². The molecule has 182 valence electrons. The van der Waals surface area contributed by atoms with Crippen molar-refractivity contribution in [1.29, 1.82) is 0 Å². The monoisotopic (exact) mass is 477 g/mol. The van der Waals surface area contributed by atoms with Crippen LogP contribution in [0, 0.1) is 5.92 Å². The lowest BCUT2D eigenvalue weighted by atomic mass is 9.98. The summed E-state index contributed by atoms with van der Waals surface area (Å²) in [6.45, 7) is 3.69. The van der Waals surface area contributed by atoms with Crippen molar-refractivity contribution < 1.29 is 28.6 Å². The fourth-order valence-corrected chi connectivity index (χ4v) is 4.26. The Balaban J connectivity index is 1.35. The Labute approximate surface area is 202 Å². The van der Waals surface area contributed by atoms with Gasteiger partial charge in [-0.15, -0.1) is 0 Å². The fourth-order valence-electron chi connectivity index (χ4n) is 4.26. The number of alkyl carbamates (subject to hydrolysis) is 1. The summed E-state index contributed by atoms with van der Waals surface area (Å²) in [4.78, 5) is 40.1. The van der Waals surface area contributed by atoms with Gasteiger partial charge in [-0.1, -0.05) is 62.4 Å². The first-order chi connectivity index (χ1) is 16.8. The number of carbonyl (C=O) groups excluding carboxylic acids is 2. The molecule has 0 bridgehead atoms. The van der Waals surface area contributed by atoms with Crippen LogP contribution in [0.25, 0.3) is 11.1 Å². The predicted octanol–water partition coefficient (Wildman–Crippen LogP) is 3.94. The molecular weight excluding hydrogens is 450 g/mol. The van der Waals surface area contributed by atoms with Gasteiger partial charge >= 0.3 is 12.1 Å². The number of nitrogens with one attached hydrogen (secondary N) is 2. The van der Waals surface area contributed by atoms with E-state index in [-0.39, 0.29) is 42.9 Å². The van der Waals surface area contributed by atoms with Crippen molar-refractivity contribution in [2.45, 2.75) is 38.8 Å². The Morgan fingerprint density at radius 1 is 1.06 bits per heavy atom. The summed E-state index contributed by atoms with van der Waals surface area (Å²) in [5, 5.41) is 14.3. The van der Waals surface area contributed by atoms with E-state index < -0.39 is 24.0 Å². The molecule has 1 heterocycles. The molecule has 1 aliphatic rings. The standard InChI is InChI=1S/C26H27N3O6/c1-15(2)21(11-23(30)31)29-25(32)24-22(35-14-28-24)12-27-26(33)34-13-20-18-9-5-3-7-16(18)17-8-4-6-10-19(17)20/h3-10,14-15,20-21H,11-13H2,1-2H3,(H,27,33)(H,29,32)(H,30,31)/t21-/m1/s1. The van der Waals surface area contributed by atoms with E-state index in [2.05, 4.69) is 27.8 Å². The van der Waals surface area contributed by atoms with E-state index in [9.17, 15) is 14.4 Å². The van der Waals surface area contributed by atoms with Crippen molar-refractivity contribution in [3.05, 3.63) is 77.5 Å². The Bertz CT molecular complexity index is 1190. The molecule has 1 aliphatic carbocycles. The molecule has 0 saturated heterocycles. The molecular formula is C26H27N3O6. The molecule has 3 aromatic rings. The van der Waals surface area contributed by atoms with Gasteiger partial charge in [0, 0.05) is 12.0 Å². The topological polar surface area (TPSA) is 131 Å². The predicted molar refractivity (Wildman–Crippen MR) is 127 cm³/mol. The zero-order chi connectivity index (χ0) is 24.9. The molecule has 0 unspecified atom stereocenters. The van der Waals surface area contributed by atoms with Gasteiger partial charge in [-0.05, 0) is 28.2 Å². The largest absolute Gasteiger partial charge is 0.481 e. The lowest BCUT2D eigenvalue weighted by molar-refractivity contribution is -0.137. The summed E-state index contributed by atoms with van der Waals surface area (Å²) in [6.07, 6.45) is 0.236. The lowest BCUT2D eigenvalue weighted by Crippen LogP contribution is -2.40. The Morgan fingerprint density at radius 3 is 2.29 bits per heavy atom. The van der Waals surface area contributed by atoms with E-state index in [1.54, 1.807) is 0 Å². The molecule has 9 nitrogen and oxygen atoms in total. The molecule has 0 spiro atoms. The van der Waals surface area contributed by atoms with Gasteiger partial charge in [0.2, 0.25) is 0 Å². The summed E-state index contributed by atoms with van der Waals surface area (Å²) in [5.41, 5.74) is 4.47. The molecule has 1 aromatic heterocycles. The first kappa shape index (κ1) is 24.0. The highest BCUT2D eigenvalue weighted by molar-refractivity contribution is 5.93. The number of amides is 2. The van der Waals surface area contributed by atoms with Crippen LogP contribution in [0.4, 0.5) is 4.79 Å². The van der Waals surface area contributed by atoms with Crippen molar-refractivity contribution >= 4 is 18.0 Å². The van der Waals surface area contributed by atoms with E-state index in [0.717, 1.165) is 28.6 Å². The van der Waals surface area contributed by atoms with Crippen molar-refractivity contribution in [2.75, 3.05) is 6.61 Å². The van der Waals surface area contributed by atoms with E-state index in [4.69, 9.17) is 14.3 Å². The number of hydrogen-bond acceptors (Lipinski definition) is 6. The minimum atomic E-state index is -1.01. The number of benzene rings is 2. The number of nitrogens with zero attached hydrogens (tertiary/aromatic N) is 1. The van der Waals surface area contributed by atoms with Gasteiger partial charge in [0.05, 0.1) is 13.0 Å². The number of aromatic nitrogens is 1. The Kier molecular flexibility index (Phi) is 7.14. The van der Waals surface area contributed by atoms with Gasteiger partial charge in [0.25, 0.3) is 5.91 Å². The number of hydrogen-bond donors (Lipinski definition) is 3. The minimum absolute atomic E-state index is 0.0139. The molecule has 0 aliphatic heterocycles. The second-order valence-corrected chi connectivity index (χ2v) is 8.73. The average molecular weight is 478 g/mol. The molecule has 35 heavy (non-hydrogen) atoms. The average Bonchev–Trinajstić information content (AvgIpc) is 3.43. The molecule has 0 fully saturated rings. The van der Waals surface area contributed by atoms with Gasteiger partial charge in [-0.25, -0.2) is 9.78 Å². The summed E-state index contributed by atoms with van der Waals surface area (Å²) in [6, 6.07) is 15.5. The third kappa shape index (κ3) is 5.34. The number of carbonyl (C=O) groups is 3. The number of carboxylic acid groups (broad SMARTS) is 1. The Morgan fingerprint density at radius 2 is 1.69 bits per heavy atom. The number of oxazole rings is 1. The number of fused-ring (bicyclic) bond motifs is 3. The SMILES string of the molecule is CC(C)[C@@H](CC(=O)O)NC(=O)c1ncoc1CNC(=O)OCC1c2ccccc2-c2ccccc21. The molecule has 9 heteroatoms. The van der Waals surface area contributed by atoms with Crippen LogP contribution in [0.3, 0.4) is 0 Å². The molecule has 2 aromatic carbocycles. The lowest BCUT2D eigenvalue weighted by Gasteiger charge is -2.20. The first-order valence-electron chi connectivity index (χ1n) is 11.4. The van der Waals surface area contributed by atoms with E-state index in [1.807, 2.05) is 50.2 Å². The summed E-state index contributed by atoms with van der Waals surface area (Å²) in [5.74, 6) is -1.59. The van der Waals surface area contributed by atoms with Gasteiger partial charge in [0.1, 0.15) is 6.61 Å². The van der Waals surface area contributed by atoms with Gasteiger partial charge < -0.3 is 24.9 Å². The molecule has 0 radical (unpaired) electrons. The van der Waals surface area contributed by atoms with Crippen molar-refractivity contribution in [3.8, 4) is 11.1 Å². The minimum Gasteiger partial charge on any atom is -0.481 e. The van der Waals surface area contributed by atoms with Crippen molar-refractivity contribution in [2.24, 2.45) is 5.92 Å². The van der Waals surface area contributed by atoms with Crippen LogP contribution < -0.4 is 10.6 Å². The Hall–Kier alpha value is -4.14. The number of aliphatic carboxylic acids is 1. The maximum Gasteiger partial charge on any atom is 0.407 e. The second kappa shape index (κ2) is 10.4. The van der Waals surface area contributed by atoms with E-state index >= 15 is 0 Å². The highest BCUT2D eigenvalue weighted by Gasteiger charge is 2.29. The van der Waals surface area contributed by atoms with Crippen LogP contribution in [0.15, 0.2) is 59.3 Å². The zero-order valence-corrected chi connectivity index (χ0v) is 19.5. The van der Waals surface area contributed by atoms with Crippen LogP contribution in [-0.2, 0) is 16.1 Å². The highest BCUT2D eigenvalue weighted by atomic mass is 16.5. The first-order valence-corrected chi connectivity index (χ1v) is 11.4. The second-order valence-electron chi connectivity index (χ2n) is 8.73. The quantitative estimate of drug-likeness (QED) is 0.425. The van der Waals surface area contributed by atoms with E-state index in [0.29, 0.717) is 0 Å². The van der Waals surface area contributed by atoms with E-state index in [1.165, 1.54) is 0 Å². The van der Waals surface area contributed by atoms with Gasteiger partial charge in [-0.3, -0.25) is 9.59 Å². The molecule has 1 atom stereocenters. The summed E-state index contributed by atoms with van der Waals surface area (Å²) < 4.78 is 10.8. The van der Waals surface area contributed by atoms with Crippen LogP contribution in [0.5, 0.6) is 0 Å². The number of ether oxygens (including phenoxy) is 1. The van der Waals surface area contributed by atoms with Crippen molar-refractivity contribution in [3.63, 3.8) is 0 Å². The summed E-state index contributed by atoms with van der Waals surface area (Å²) in [7, 11) is 0. The van der Waals surface area contributed by atoms with Crippen molar-refractivity contribution in [1.82, 2.24) is 15.6 Å². The third-order valence-electron chi connectivity index (χ3n) is 6.11. The number of carboxylic acids is 1.